The number of aliphatic hydroxyl groups excluding tert-OH is 5. The molecule has 1 aromatic carbocycles. The molecule has 3 fully saturated rings. The van der Waals surface area contributed by atoms with Crippen LogP contribution in [-0.4, -0.2) is 182 Å². The van der Waals surface area contributed by atoms with Crippen LogP contribution in [0.15, 0.2) is 30.5 Å². The molecule has 2 aromatic rings. The predicted octanol–water partition coefficient (Wildman–Crippen LogP) is -4.35. The van der Waals surface area contributed by atoms with Crippen LogP contribution in [0.3, 0.4) is 0 Å². The number of para-hydroxylation sites is 1. The first-order chi connectivity index (χ1) is 30.9. The van der Waals surface area contributed by atoms with Crippen LogP contribution in [0.4, 0.5) is 0 Å². The van der Waals surface area contributed by atoms with Crippen LogP contribution >= 0.6 is 0 Å². The van der Waals surface area contributed by atoms with Crippen LogP contribution in [0.1, 0.15) is 58.4 Å². The van der Waals surface area contributed by atoms with Crippen LogP contribution in [0, 0.1) is 0 Å². The van der Waals surface area contributed by atoms with Crippen molar-refractivity contribution >= 4 is 52.3 Å². The highest BCUT2D eigenvalue weighted by atomic mass is 16.7. The van der Waals surface area contributed by atoms with Crippen molar-refractivity contribution in [3.05, 3.63) is 36.0 Å². The zero-order valence-electron chi connectivity index (χ0n) is 36.0. The fourth-order valence-electron chi connectivity index (χ4n) is 7.99. The average molecular weight is 922 g/mol. The van der Waals surface area contributed by atoms with E-state index in [0.717, 1.165) is 24.8 Å². The number of hydrogen-bond donors (Lipinski definition) is 13. The smallest absolute Gasteiger partial charge is 0.326 e. The Morgan fingerprint density at radius 2 is 1.48 bits per heavy atom. The molecule has 4 unspecified atom stereocenters. The highest BCUT2D eigenvalue weighted by Crippen LogP contribution is 2.31. The quantitative estimate of drug-likeness (QED) is 0.0526. The zero-order chi connectivity index (χ0) is 47.5. The van der Waals surface area contributed by atoms with Crippen LogP contribution in [0.25, 0.3) is 10.9 Å². The van der Waals surface area contributed by atoms with Crippen LogP contribution < -0.4 is 31.9 Å². The lowest BCUT2D eigenvalue weighted by Crippen LogP contribution is -2.69. The Hall–Kier alpha value is -5.31. The van der Waals surface area contributed by atoms with Gasteiger partial charge in [-0.2, -0.15) is 0 Å². The van der Waals surface area contributed by atoms with Crippen LogP contribution in [0.2, 0.25) is 0 Å². The third-order valence-electron chi connectivity index (χ3n) is 11.4. The molecule has 24 heteroatoms. The Morgan fingerprint density at radius 3 is 2.12 bits per heavy atom. The Kier molecular flexibility index (Phi) is 18.1. The summed E-state index contributed by atoms with van der Waals surface area (Å²) in [6, 6.07) is 1.39. The number of carbonyl (C=O) groups is 7. The second-order valence-electron chi connectivity index (χ2n) is 16.2. The second kappa shape index (κ2) is 23.2. The second-order valence-corrected chi connectivity index (χ2v) is 16.2. The van der Waals surface area contributed by atoms with Crippen molar-refractivity contribution in [1.29, 1.82) is 0 Å². The molecular formula is C41H59N7O17. The van der Waals surface area contributed by atoms with E-state index in [4.69, 9.17) is 18.9 Å². The maximum atomic E-state index is 13.3. The van der Waals surface area contributed by atoms with E-state index in [1.165, 1.54) is 6.92 Å². The van der Waals surface area contributed by atoms with Gasteiger partial charge < -0.3 is 86.5 Å². The number of fused-ring (bicyclic) bond motifs is 1. The number of aromatic nitrogens is 1. The van der Waals surface area contributed by atoms with E-state index in [-0.39, 0.29) is 32.2 Å². The van der Waals surface area contributed by atoms with Gasteiger partial charge in [0.2, 0.25) is 35.4 Å². The number of ether oxygens (including phenoxy) is 4. The summed E-state index contributed by atoms with van der Waals surface area (Å²) >= 11 is 0. The summed E-state index contributed by atoms with van der Waals surface area (Å²) in [6.07, 6.45) is -11.4. The molecule has 3 aliphatic heterocycles. The molecule has 0 saturated carbocycles. The van der Waals surface area contributed by atoms with Crippen molar-refractivity contribution in [2.45, 2.75) is 145 Å². The third-order valence-corrected chi connectivity index (χ3v) is 11.4. The molecule has 0 radical (unpaired) electrons. The highest BCUT2D eigenvalue weighted by Gasteiger charge is 2.53. The van der Waals surface area contributed by atoms with Gasteiger partial charge in [0.15, 0.2) is 12.6 Å². The Labute approximate surface area is 372 Å². The first-order valence-corrected chi connectivity index (χ1v) is 21.3. The fraction of sp³-hybridized carbons (Fsp3) is 0.634. The van der Waals surface area contributed by atoms with E-state index in [0.29, 0.717) is 18.4 Å². The van der Waals surface area contributed by atoms with E-state index in [1.807, 2.05) is 24.3 Å². The van der Waals surface area contributed by atoms with Gasteiger partial charge in [-0.05, 0) is 44.2 Å². The van der Waals surface area contributed by atoms with Gasteiger partial charge in [0.05, 0.1) is 13.2 Å². The molecule has 4 heterocycles. The summed E-state index contributed by atoms with van der Waals surface area (Å²) in [4.78, 5) is 91.1. The molecule has 3 aliphatic rings. The Morgan fingerprint density at radius 1 is 0.831 bits per heavy atom. The van der Waals surface area contributed by atoms with E-state index in [9.17, 15) is 64.2 Å². The first-order valence-electron chi connectivity index (χ1n) is 21.3. The van der Waals surface area contributed by atoms with Crippen LogP contribution in [0.5, 0.6) is 0 Å². The number of aromatic amines is 1. The summed E-state index contributed by atoms with van der Waals surface area (Å²) in [5.74, 6) is -4.76. The van der Waals surface area contributed by atoms with Crippen LogP contribution in [-0.2, 0) is 58.9 Å². The first kappa shape index (κ1) is 50.7. The van der Waals surface area contributed by atoms with Gasteiger partial charge in [-0.1, -0.05) is 18.2 Å². The van der Waals surface area contributed by atoms with E-state index >= 15 is 0 Å². The van der Waals surface area contributed by atoms with Gasteiger partial charge in [0.1, 0.15) is 72.9 Å². The number of piperazine rings is 1. The van der Waals surface area contributed by atoms with E-state index in [1.54, 1.807) is 6.20 Å². The summed E-state index contributed by atoms with van der Waals surface area (Å²) in [5, 5.41) is 78.0. The highest BCUT2D eigenvalue weighted by molar-refractivity contribution is 5.97. The number of aliphatic carboxylic acids is 1. The Bertz CT molecular complexity index is 2000. The lowest BCUT2D eigenvalue weighted by molar-refractivity contribution is -0.333. The average Bonchev–Trinajstić information content (AvgIpc) is 3.67. The zero-order valence-corrected chi connectivity index (χ0v) is 36.0. The van der Waals surface area contributed by atoms with E-state index in [2.05, 4.69) is 36.9 Å². The van der Waals surface area contributed by atoms with E-state index < -0.39 is 140 Å². The third kappa shape index (κ3) is 13.2. The molecule has 1 aromatic heterocycles. The number of rotatable bonds is 21. The predicted molar refractivity (Wildman–Crippen MR) is 222 cm³/mol. The molecule has 14 atom stereocenters. The SMILES string of the molecule is CC(=O)N[C@H]1C(O)O[C@H](CO)[C@@H](OC2O[C@H](CO)C(O)[C@H](O)[C@H]2NC(C)=O)[C@@H]1OC(C)C(=O)NCCCC[C@H]1NC(=O)[C@@H](CCC(=O)N[C@@H](Cc2c[nH]c3ccccc23)C(=O)O)NC1=O. The summed E-state index contributed by atoms with van der Waals surface area (Å²) < 4.78 is 23.3. The van der Waals surface area contributed by atoms with Crippen molar-refractivity contribution in [3.8, 4) is 0 Å². The summed E-state index contributed by atoms with van der Waals surface area (Å²) in [6.45, 7) is 2.17. The lowest BCUT2D eigenvalue weighted by atomic mass is 9.94. The number of hydrogen-bond acceptors (Lipinski definition) is 16. The van der Waals surface area contributed by atoms with Crippen molar-refractivity contribution < 1.29 is 83.1 Å². The maximum absolute atomic E-state index is 13.3. The minimum Gasteiger partial charge on any atom is -0.480 e. The van der Waals surface area contributed by atoms with Gasteiger partial charge in [-0.15, -0.1) is 0 Å². The molecule has 0 aliphatic carbocycles. The monoisotopic (exact) mass is 921 g/mol. The largest absolute Gasteiger partial charge is 0.480 e. The Balaban J connectivity index is 1.10. The maximum Gasteiger partial charge on any atom is 0.326 e. The van der Waals surface area contributed by atoms with Gasteiger partial charge in [0, 0.05) is 50.3 Å². The number of carboxylic acids is 1. The fourth-order valence-corrected chi connectivity index (χ4v) is 7.99. The topological polar surface area (TPSA) is 366 Å². The number of unbranched alkanes of at least 4 members (excludes halogenated alkanes) is 1. The molecule has 5 rings (SSSR count). The van der Waals surface area contributed by atoms with Crippen molar-refractivity contribution in [3.63, 3.8) is 0 Å². The standard InChI is InChI=1S/C41H59N7O17/c1-18(62-35-31(45-20(3)52)40(61)63-28(17-50)34(35)65-41-30(44-19(2)51)33(55)32(54)27(16-49)64-41)36(56)42-13-7-6-10-24-37(57)48-25(38(58)47-24)11-12-29(53)46-26(39(59)60)14-21-15-43-23-9-5-4-8-22(21)23/h4-5,8-9,15,18,24-28,30-35,40-41,43,49-50,54-55,61H,6-7,10-14,16-17H2,1-3H3,(H,42,56)(H,44,51)(H,45,52)(H,46,53)(H,47,58)(H,48,57)(H,59,60)/t18?,24-,25-,26+,27-,28-,30-,31-,32?,33-,34-,35-,40?,41?/m1/s1. The number of carboxylic acid groups (broad SMARTS) is 1. The van der Waals surface area contributed by atoms with Gasteiger partial charge >= 0.3 is 5.97 Å². The number of aliphatic hydroxyl groups is 5. The minimum absolute atomic E-state index is 0.0290. The summed E-state index contributed by atoms with van der Waals surface area (Å²) in [5.41, 5.74) is 1.54. The van der Waals surface area contributed by atoms with Gasteiger partial charge in [-0.25, -0.2) is 4.79 Å². The summed E-state index contributed by atoms with van der Waals surface area (Å²) in [7, 11) is 0. The minimum atomic E-state index is -1.78. The molecular weight excluding hydrogens is 862 g/mol. The molecule has 0 bridgehead atoms. The van der Waals surface area contributed by atoms with Gasteiger partial charge in [-0.3, -0.25) is 28.8 Å². The molecule has 6 amide bonds. The normalized spacial score (nSPS) is 30.0. The van der Waals surface area contributed by atoms with Gasteiger partial charge in [0.25, 0.3) is 0 Å². The molecule has 24 nitrogen and oxygen atoms in total. The number of carbonyl (C=O) groups excluding carboxylic acids is 6. The molecule has 13 N–H and O–H groups in total. The van der Waals surface area contributed by atoms with Crippen molar-refractivity contribution in [1.82, 2.24) is 36.9 Å². The molecule has 360 valence electrons. The van der Waals surface area contributed by atoms with Crippen molar-refractivity contribution in [2.24, 2.45) is 0 Å². The lowest BCUT2D eigenvalue weighted by Gasteiger charge is -2.48. The van der Waals surface area contributed by atoms with Crippen molar-refractivity contribution in [2.75, 3.05) is 19.8 Å². The number of amides is 6. The number of H-pyrrole nitrogens is 1. The number of benzene rings is 1. The molecule has 0 spiro atoms. The molecule has 65 heavy (non-hydrogen) atoms. The number of nitrogens with one attached hydrogen (secondary N) is 7. The molecule has 3 saturated heterocycles.